The minimum atomic E-state index is 0.134. The first-order valence-electron chi connectivity index (χ1n) is 3.56. The van der Waals surface area contributed by atoms with Crippen LogP contribution in [0.5, 0.6) is 0 Å². The smallest absolute Gasteiger partial charge is 0.0620 e. The maximum Gasteiger partial charge on any atom is 0.0620 e. The summed E-state index contributed by atoms with van der Waals surface area (Å²) >= 11 is 0. The van der Waals surface area contributed by atoms with E-state index in [2.05, 4.69) is 24.4 Å². The zero-order valence-electron chi connectivity index (χ0n) is 6.89. The van der Waals surface area contributed by atoms with Crippen LogP contribution in [-0.2, 0) is 0 Å². The number of nitrogens with one attached hydrogen (secondary N) is 1. The lowest BCUT2D eigenvalue weighted by Gasteiger charge is -2.03. The highest BCUT2D eigenvalue weighted by Gasteiger charge is 1.95. The Labute approximate surface area is 62.1 Å². The molecular weight excluding hydrogens is 128 g/mol. The van der Waals surface area contributed by atoms with E-state index in [9.17, 15) is 0 Å². The fraction of sp³-hybridized carbons (Fsp3) is 0.857. The third-order valence-corrected chi connectivity index (χ3v) is 1.31. The molecule has 10 heavy (non-hydrogen) atoms. The molecule has 0 aromatic carbocycles. The van der Waals surface area contributed by atoms with Gasteiger partial charge in [-0.25, -0.2) is 0 Å². The Morgan fingerprint density at radius 3 is 2.60 bits per heavy atom. The van der Waals surface area contributed by atoms with Gasteiger partial charge in [-0.3, -0.25) is 0 Å². The Morgan fingerprint density at radius 2 is 2.20 bits per heavy atom. The predicted molar refractivity (Wildman–Crippen MR) is 43.0 cm³/mol. The van der Waals surface area contributed by atoms with Crippen molar-refractivity contribution < 1.29 is 5.11 Å². The molecule has 0 aliphatic carbocycles. The number of hydrogen-bond acceptors (Lipinski definition) is 3. The van der Waals surface area contributed by atoms with E-state index in [0.717, 1.165) is 5.71 Å². The molecule has 3 heteroatoms. The molecule has 0 amide bonds. The van der Waals surface area contributed by atoms with Crippen LogP contribution in [0.15, 0.2) is 5.10 Å². The van der Waals surface area contributed by atoms with Crippen molar-refractivity contribution in [2.45, 2.75) is 20.8 Å². The Kier molecular flexibility index (Phi) is 4.94. The standard InChI is InChI=1S/C7H16N2O/c1-6(2)7(3)9-8-4-5-10/h6,8,10H,4-5H2,1-3H3. The zero-order chi connectivity index (χ0) is 7.98. The van der Waals surface area contributed by atoms with Crippen molar-refractivity contribution in [1.29, 1.82) is 0 Å². The Morgan fingerprint density at radius 1 is 1.60 bits per heavy atom. The largest absolute Gasteiger partial charge is 0.394 e. The van der Waals surface area contributed by atoms with Crippen molar-refractivity contribution in [2.24, 2.45) is 11.0 Å². The highest BCUT2D eigenvalue weighted by molar-refractivity contribution is 5.83. The van der Waals surface area contributed by atoms with Gasteiger partial charge in [-0.2, -0.15) is 5.10 Å². The van der Waals surface area contributed by atoms with Crippen LogP contribution in [0.4, 0.5) is 0 Å². The lowest BCUT2D eigenvalue weighted by Crippen LogP contribution is -2.15. The number of rotatable bonds is 4. The molecule has 60 valence electrons. The van der Waals surface area contributed by atoms with Crippen LogP contribution in [0, 0.1) is 5.92 Å². The second-order valence-electron chi connectivity index (χ2n) is 2.54. The van der Waals surface area contributed by atoms with Gasteiger partial charge in [0, 0.05) is 5.71 Å². The van der Waals surface area contributed by atoms with Gasteiger partial charge in [0.2, 0.25) is 0 Å². The number of aliphatic hydroxyl groups is 1. The van der Waals surface area contributed by atoms with Gasteiger partial charge in [-0.1, -0.05) is 13.8 Å². The van der Waals surface area contributed by atoms with E-state index in [-0.39, 0.29) is 6.61 Å². The van der Waals surface area contributed by atoms with Gasteiger partial charge in [0.15, 0.2) is 0 Å². The van der Waals surface area contributed by atoms with Crippen molar-refractivity contribution in [1.82, 2.24) is 5.43 Å². The molecule has 0 bridgehead atoms. The van der Waals surface area contributed by atoms with Crippen LogP contribution in [0.2, 0.25) is 0 Å². The Hall–Kier alpha value is -0.570. The SMILES string of the molecule is CC(=NNCCO)C(C)C. The van der Waals surface area contributed by atoms with Gasteiger partial charge in [0.05, 0.1) is 13.2 Å². The Bertz CT molecular complexity index is 110. The molecule has 0 aliphatic rings. The van der Waals surface area contributed by atoms with Gasteiger partial charge in [0.25, 0.3) is 0 Å². The summed E-state index contributed by atoms with van der Waals surface area (Å²) in [5, 5.41) is 12.4. The quantitative estimate of drug-likeness (QED) is 0.345. The molecule has 0 aromatic heterocycles. The Balaban J connectivity index is 3.48. The van der Waals surface area contributed by atoms with Gasteiger partial charge in [-0.05, 0) is 12.8 Å². The van der Waals surface area contributed by atoms with Gasteiger partial charge < -0.3 is 10.5 Å². The minimum Gasteiger partial charge on any atom is -0.394 e. The first kappa shape index (κ1) is 9.43. The van der Waals surface area contributed by atoms with Gasteiger partial charge in [-0.15, -0.1) is 0 Å². The third-order valence-electron chi connectivity index (χ3n) is 1.31. The van der Waals surface area contributed by atoms with E-state index >= 15 is 0 Å². The van der Waals surface area contributed by atoms with Crippen molar-refractivity contribution in [3.63, 3.8) is 0 Å². The van der Waals surface area contributed by atoms with E-state index in [1.165, 1.54) is 0 Å². The van der Waals surface area contributed by atoms with Crippen LogP contribution in [0.3, 0.4) is 0 Å². The molecular formula is C7H16N2O. The van der Waals surface area contributed by atoms with Crippen molar-refractivity contribution in [2.75, 3.05) is 13.2 Å². The summed E-state index contributed by atoms with van der Waals surface area (Å²) in [5.41, 5.74) is 3.82. The lowest BCUT2D eigenvalue weighted by atomic mass is 10.1. The molecule has 0 radical (unpaired) electrons. The van der Waals surface area contributed by atoms with E-state index in [4.69, 9.17) is 5.11 Å². The fourth-order valence-corrected chi connectivity index (χ4v) is 0.360. The van der Waals surface area contributed by atoms with Crippen LogP contribution < -0.4 is 5.43 Å². The van der Waals surface area contributed by atoms with Crippen LogP contribution in [0.25, 0.3) is 0 Å². The maximum atomic E-state index is 8.39. The summed E-state index contributed by atoms with van der Waals surface area (Å²) in [5.74, 6) is 0.478. The second-order valence-corrected chi connectivity index (χ2v) is 2.54. The second kappa shape index (κ2) is 5.23. The highest BCUT2D eigenvalue weighted by Crippen LogP contribution is 1.93. The zero-order valence-corrected chi connectivity index (χ0v) is 6.89. The first-order chi connectivity index (χ1) is 4.68. The van der Waals surface area contributed by atoms with Crippen molar-refractivity contribution >= 4 is 5.71 Å². The summed E-state index contributed by atoms with van der Waals surface area (Å²) in [6.07, 6.45) is 0. The summed E-state index contributed by atoms with van der Waals surface area (Å²) in [6, 6.07) is 0. The number of nitrogens with zero attached hydrogens (tertiary/aromatic N) is 1. The van der Waals surface area contributed by atoms with E-state index in [1.807, 2.05) is 6.92 Å². The molecule has 0 fully saturated rings. The predicted octanol–water partition coefficient (Wildman–Crippen LogP) is 0.600. The highest BCUT2D eigenvalue weighted by atomic mass is 16.3. The monoisotopic (exact) mass is 144 g/mol. The van der Waals surface area contributed by atoms with Crippen LogP contribution in [0.1, 0.15) is 20.8 Å². The van der Waals surface area contributed by atoms with Gasteiger partial charge >= 0.3 is 0 Å². The lowest BCUT2D eigenvalue weighted by molar-refractivity contribution is 0.293. The number of hydrogen-bond donors (Lipinski definition) is 2. The topological polar surface area (TPSA) is 44.6 Å². The molecule has 0 aromatic rings. The summed E-state index contributed by atoms with van der Waals surface area (Å²) in [7, 11) is 0. The molecule has 0 heterocycles. The molecule has 0 rings (SSSR count). The molecule has 0 saturated carbocycles. The van der Waals surface area contributed by atoms with Crippen LogP contribution in [-0.4, -0.2) is 24.0 Å². The summed E-state index contributed by atoms with van der Waals surface area (Å²) in [4.78, 5) is 0. The molecule has 0 spiro atoms. The fourth-order valence-electron chi connectivity index (χ4n) is 0.360. The third kappa shape index (κ3) is 4.32. The van der Waals surface area contributed by atoms with E-state index in [0.29, 0.717) is 12.5 Å². The van der Waals surface area contributed by atoms with Gasteiger partial charge in [0.1, 0.15) is 0 Å². The molecule has 3 nitrogen and oxygen atoms in total. The average molecular weight is 144 g/mol. The van der Waals surface area contributed by atoms with Crippen molar-refractivity contribution in [3.05, 3.63) is 0 Å². The minimum absolute atomic E-state index is 0.134. The van der Waals surface area contributed by atoms with Crippen molar-refractivity contribution in [3.8, 4) is 0 Å². The normalized spacial score (nSPS) is 12.3. The molecule has 0 aliphatic heterocycles. The average Bonchev–Trinajstić information content (AvgIpc) is 1.88. The summed E-state index contributed by atoms with van der Waals surface area (Å²) in [6.45, 7) is 6.80. The maximum absolute atomic E-state index is 8.39. The summed E-state index contributed by atoms with van der Waals surface area (Å²) < 4.78 is 0. The molecule has 2 N–H and O–H groups in total. The molecule has 0 atom stereocenters. The first-order valence-corrected chi connectivity index (χ1v) is 3.56. The molecule has 0 saturated heterocycles. The van der Waals surface area contributed by atoms with Crippen LogP contribution >= 0.6 is 0 Å². The number of hydrazone groups is 1. The van der Waals surface area contributed by atoms with E-state index in [1.54, 1.807) is 0 Å². The number of aliphatic hydroxyl groups excluding tert-OH is 1. The molecule has 0 unspecified atom stereocenters. The van der Waals surface area contributed by atoms with E-state index < -0.39 is 0 Å².